The van der Waals surface area contributed by atoms with Crippen molar-refractivity contribution in [1.82, 2.24) is 0 Å². The van der Waals surface area contributed by atoms with Gasteiger partial charge in [0.25, 0.3) is 0 Å². The lowest BCUT2D eigenvalue weighted by atomic mass is 9.94. The van der Waals surface area contributed by atoms with Gasteiger partial charge in [0.05, 0.1) is 6.61 Å². The van der Waals surface area contributed by atoms with Crippen LogP contribution in [0, 0.1) is 17.8 Å². The fraction of sp³-hybridized carbons (Fsp3) is 0.750. The van der Waals surface area contributed by atoms with Gasteiger partial charge in [0.1, 0.15) is 0 Å². The molecule has 0 spiro atoms. The van der Waals surface area contributed by atoms with Gasteiger partial charge in [-0.1, -0.05) is 19.4 Å². The largest absolute Gasteiger partial charge is 0.466 e. The maximum absolute atomic E-state index is 10.7. The van der Waals surface area contributed by atoms with Gasteiger partial charge in [-0.05, 0) is 30.6 Å². The van der Waals surface area contributed by atoms with Gasteiger partial charge in [0.15, 0.2) is 0 Å². The first kappa shape index (κ1) is 11.3. The van der Waals surface area contributed by atoms with Crippen LogP contribution >= 0.6 is 0 Å². The molecule has 3 unspecified atom stereocenters. The van der Waals surface area contributed by atoms with E-state index in [2.05, 4.69) is 13.5 Å². The molecule has 2 heteroatoms. The van der Waals surface area contributed by atoms with Crippen LogP contribution in [0.15, 0.2) is 12.7 Å². The molecule has 0 amide bonds. The van der Waals surface area contributed by atoms with Crippen molar-refractivity contribution in [1.29, 1.82) is 0 Å². The highest BCUT2D eigenvalue weighted by Gasteiger charge is 2.31. The Morgan fingerprint density at radius 3 is 2.64 bits per heavy atom. The van der Waals surface area contributed by atoms with E-state index in [1.807, 2.05) is 6.08 Å². The van der Waals surface area contributed by atoms with E-state index in [-0.39, 0.29) is 5.97 Å². The number of allylic oxidation sites excluding steroid dienone is 1. The Bertz CT molecular complexity index is 210. The molecule has 14 heavy (non-hydrogen) atoms. The van der Waals surface area contributed by atoms with E-state index >= 15 is 0 Å². The van der Waals surface area contributed by atoms with Crippen molar-refractivity contribution >= 4 is 5.97 Å². The number of hydrogen-bond donors (Lipinski definition) is 0. The van der Waals surface area contributed by atoms with Gasteiger partial charge in [-0.3, -0.25) is 4.79 Å². The summed E-state index contributed by atoms with van der Waals surface area (Å²) in [5, 5.41) is 0. The van der Waals surface area contributed by atoms with Crippen molar-refractivity contribution in [3.05, 3.63) is 12.7 Å². The topological polar surface area (TPSA) is 26.3 Å². The van der Waals surface area contributed by atoms with Crippen LogP contribution < -0.4 is 0 Å². The van der Waals surface area contributed by atoms with E-state index in [1.165, 1.54) is 19.8 Å². The molecule has 80 valence electrons. The second-order valence-corrected chi connectivity index (χ2v) is 4.20. The molecule has 0 saturated heterocycles. The molecule has 0 radical (unpaired) electrons. The summed E-state index contributed by atoms with van der Waals surface area (Å²) in [7, 11) is 0. The van der Waals surface area contributed by atoms with Crippen molar-refractivity contribution in [3.8, 4) is 0 Å². The van der Waals surface area contributed by atoms with E-state index < -0.39 is 0 Å². The minimum absolute atomic E-state index is 0.165. The molecule has 0 aromatic carbocycles. The predicted molar refractivity (Wildman–Crippen MR) is 56.8 cm³/mol. The first-order chi connectivity index (χ1) is 6.67. The molecule has 1 saturated carbocycles. The minimum Gasteiger partial charge on any atom is -0.466 e. The van der Waals surface area contributed by atoms with E-state index in [1.54, 1.807) is 0 Å². The van der Waals surface area contributed by atoms with Crippen molar-refractivity contribution in [2.24, 2.45) is 17.8 Å². The molecule has 0 aliphatic heterocycles. The molecule has 0 N–H and O–H groups in total. The zero-order valence-electron chi connectivity index (χ0n) is 9.16. The van der Waals surface area contributed by atoms with Crippen LogP contribution in [0.1, 0.15) is 33.1 Å². The lowest BCUT2D eigenvalue weighted by Crippen LogP contribution is -2.15. The summed E-state index contributed by atoms with van der Waals surface area (Å²) in [5.74, 6) is 1.71. The molecular weight excluding hydrogens is 176 g/mol. The number of ether oxygens (including phenoxy) is 1. The maximum Gasteiger partial charge on any atom is 0.302 e. The van der Waals surface area contributed by atoms with Gasteiger partial charge in [0, 0.05) is 6.92 Å². The van der Waals surface area contributed by atoms with Crippen LogP contribution in [-0.4, -0.2) is 12.6 Å². The van der Waals surface area contributed by atoms with Crippen LogP contribution in [0.5, 0.6) is 0 Å². The summed E-state index contributed by atoms with van der Waals surface area (Å²) in [6.45, 7) is 8.11. The van der Waals surface area contributed by atoms with Crippen LogP contribution in [0.2, 0.25) is 0 Å². The highest BCUT2D eigenvalue weighted by molar-refractivity contribution is 5.65. The van der Waals surface area contributed by atoms with Crippen molar-refractivity contribution in [3.63, 3.8) is 0 Å². The SMILES string of the molecule is C=CC1CC(CC)C(COC(C)=O)C1. The third-order valence-electron chi connectivity index (χ3n) is 3.24. The molecule has 2 nitrogen and oxygen atoms in total. The summed E-state index contributed by atoms with van der Waals surface area (Å²) in [5.41, 5.74) is 0. The zero-order valence-corrected chi connectivity index (χ0v) is 9.16. The number of carbonyl (C=O) groups excluding carboxylic acids is 1. The van der Waals surface area contributed by atoms with Crippen LogP contribution in [0.4, 0.5) is 0 Å². The predicted octanol–water partition coefficient (Wildman–Crippen LogP) is 2.79. The van der Waals surface area contributed by atoms with E-state index in [0.717, 1.165) is 6.42 Å². The molecule has 0 heterocycles. The van der Waals surface area contributed by atoms with Crippen LogP contribution in [0.25, 0.3) is 0 Å². The Morgan fingerprint density at radius 2 is 2.14 bits per heavy atom. The fourth-order valence-electron chi connectivity index (χ4n) is 2.38. The van der Waals surface area contributed by atoms with Crippen molar-refractivity contribution < 1.29 is 9.53 Å². The Hall–Kier alpha value is -0.790. The average molecular weight is 196 g/mol. The molecule has 0 aromatic rings. The van der Waals surface area contributed by atoms with Crippen LogP contribution in [-0.2, 0) is 9.53 Å². The zero-order chi connectivity index (χ0) is 10.6. The van der Waals surface area contributed by atoms with E-state index in [4.69, 9.17) is 4.74 Å². The number of hydrogen-bond acceptors (Lipinski definition) is 2. The smallest absolute Gasteiger partial charge is 0.302 e. The molecule has 3 atom stereocenters. The van der Waals surface area contributed by atoms with Gasteiger partial charge in [-0.25, -0.2) is 0 Å². The third kappa shape index (κ3) is 2.86. The maximum atomic E-state index is 10.7. The van der Waals surface area contributed by atoms with Gasteiger partial charge in [-0.2, -0.15) is 0 Å². The lowest BCUT2D eigenvalue weighted by Gasteiger charge is -2.16. The molecule has 1 fully saturated rings. The molecule has 1 aliphatic carbocycles. The van der Waals surface area contributed by atoms with Gasteiger partial charge in [0.2, 0.25) is 0 Å². The first-order valence-electron chi connectivity index (χ1n) is 5.43. The summed E-state index contributed by atoms with van der Waals surface area (Å²) in [6, 6.07) is 0. The summed E-state index contributed by atoms with van der Waals surface area (Å²) >= 11 is 0. The number of carbonyl (C=O) groups is 1. The summed E-state index contributed by atoms with van der Waals surface area (Å²) < 4.78 is 5.08. The highest BCUT2D eigenvalue weighted by atomic mass is 16.5. The van der Waals surface area contributed by atoms with Crippen LogP contribution in [0.3, 0.4) is 0 Å². The molecule has 1 aliphatic rings. The minimum atomic E-state index is -0.165. The molecule has 0 aromatic heterocycles. The van der Waals surface area contributed by atoms with Crippen molar-refractivity contribution in [2.75, 3.05) is 6.61 Å². The Kier molecular flexibility index (Phi) is 4.18. The van der Waals surface area contributed by atoms with Gasteiger partial charge >= 0.3 is 5.97 Å². The Balaban J connectivity index is 2.42. The monoisotopic (exact) mass is 196 g/mol. The first-order valence-corrected chi connectivity index (χ1v) is 5.43. The Morgan fingerprint density at radius 1 is 1.50 bits per heavy atom. The standard InChI is InChI=1S/C12H20O2/c1-4-10-6-11(5-2)12(7-10)8-14-9(3)13/h4,10-12H,1,5-8H2,2-3H3. The van der Waals surface area contributed by atoms with E-state index in [0.29, 0.717) is 24.4 Å². The highest BCUT2D eigenvalue weighted by Crippen LogP contribution is 2.38. The molecule has 0 bridgehead atoms. The molecular formula is C12H20O2. The molecule has 1 rings (SSSR count). The van der Waals surface area contributed by atoms with Gasteiger partial charge < -0.3 is 4.74 Å². The second-order valence-electron chi connectivity index (χ2n) is 4.20. The quantitative estimate of drug-likeness (QED) is 0.510. The fourth-order valence-corrected chi connectivity index (χ4v) is 2.38. The second kappa shape index (κ2) is 5.18. The van der Waals surface area contributed by atoms with Crippen molar-refractivity contribution in [2.45, 2.75) is 33.1 Å². The Labute approximate surface area is 86.3 Å². The summed E-state index contributed by atoms with van der Waals surface area (Å²) in [6.07, 6.45) is 5.56. The number of rotatable bonds is 4. The van der Waals surface area contributed by atoms with E-state index in [9.17, 15) is 4.79 Å². The summed E-state index contributed by atoms with van der Waals surface area (Å²) in [4.78, 5) is 10.7. The lowest BCUT2D eigenvalue weighted by molar-refractivity contribution is -0.142. The third-order valence-corrected chi connectivity index (χ3v) is 3.24. The normalized spacial score (nSPS) is 31.4. The average Bonchev–Trinajstić information content (AvgIpc) is 2.57. The number of esters is 1. The van der Waals surface area contributed by atoms with Gasteiger partial charge in [-0.15, -0.1) is 6.58 Å².